The lowest BCUT2D eigenvalue weighted by atomic mass is 10.0. The molecule has 0 saturated heterocycles. The molecule has 3 heterocycles. The van der Waals surface area contributed by atoms with Crippen LogP contribution < -0.4 is 10.1 Å². The third-order valence-electron chi connectivity index (χ3n) is 7.03. The van der Waals surface area contributed by atoms with Crippen LogP contribution in [0.25, 0.3) is 11.5 Å². The predicted molar refractivity (Wildman–Crippen MR) is 148 cm³/mol. The lowest BCUT2D eigenvalue weighted by molar-refractivity contribution is 0.194. The molecule has 0 bridgehead atoms. The van der Waals surface area contributed by atoms with Crippen molar-refractivity contribution < 1.29 is 9.53 Å². The van der Waals surface area contributed by atoms with Crippen LogP contribution >= 0.6 is 0 Å². The molecule has 2 amide bonds. The van der Waals surface area contributed by atoms with Gasteiger partial charge in [0.2, 0.25) is 0 Å². The first-order valence-electron chi connectivity index (χ1n) is 12.6. The standard InChI is InChI=1S/C31H29N5O2/c1-21-10-7-12-24(18-21)32-31(37)35-20-27-22(2)33-36(25-13-5-4-6-14-25)30(27)34-17-9-16-28(34)29(35)23-11-8-15-26(19-23)38-3/h4-19,29H,20H2,1-3H3,(H,32,37). The number of rotatable bonds is 4. The highest BCUT2D eigenvalue weighted by Crippen LogP contribution is 2.39. The van der Waals surface area contributed by atoms with Crippen molar-refractivity contribution in [1.82, 2.24) is 19.2 Å². The van der Waals surface area contributed by atoms with Crippen LogP contribution in [-0.2, 0) is 6.54 Å². The van der Waals surface area contributed by atoms with E-state index in [4.69, 9.17) is 9.84 Å². The van der Waals surface area contributed by atoms with E-state index in [0.717, 1.165) is 51.0 Å². The molecule has 0 aliphatic carbocycles. The zero-order valence-electron chi connectivity index (χ0n) is 21.6. The Morgan fingerprint density at radius 1 is 0.947 bits per heavy atom. The number of hydrogen-bond acceptors (Lipinski definition) is 3. The smallest absolute Gasteiger partial charge is 0.322 e. The van der Waals surface area contributed by atoms with Crippen LogP contribution in [-0.4, -0.2) is 32.4 Å². The number of hydrogen-bond donors (Lipinski definition) is 1. The van der Waals surface area contributed by atoms with E-state index in [-0.39, 0.29) is 12.1 Å². The van der Waals surface area contributed by atoms with E-state index in [2.05, 4.69) is 16.0 Å². The first kappa shape index (κ1) is 23.6. The SMILES string of the molecule is COc1cccc(C2c3cccn3-c3c(c(C)nn3-c3ccccc3)CN2C(=O)Nc2cccc(C)c2)c1. The second-order valence-electron chi connectivity index (χ2n) is 9.54. The molecular weight excluding hydrogens is 474 g/mol. The maximum Gasteiger partial charge on any atom is 0.322 e. The molecule has 3 aromatic carbocycles. The number of benzene rings is 3. The molecule has 190 valence electrons. The number of urea groups is 1. The lowest BCUT2D eigenvalue weighted by Gasteiger charge is -2.31. The minimum atomic E-state index is -0.360. The average molecular weight is 504 g/mol. The Labute approximate surface area is 221 Å². The Balaban J connectivity index is 1.54. The summed E-state index contributed by atoms with van der Waals surface area (Å²) in [5.74, 6) is 1.68. The van der Waals surface area contributed by atoms with E-state index in [1.807, 2.05) is 115 Å². The molecular formula is C31H29N5O2. The molecule has 2 aromatic heterocycles. The van der Waals surface area contributed by atoms with Crippen LogP contribution in [0.2, 0.25) is 0 Å². The van der Waals surface area contributed by atoms with Gasteiger partial charge in [-0.25, -0.2) is 9.48 Å². The number of carbonyl (C=O) groups excluding carboxylic acids is 1. The highest BCUT2D eigenvalue weighted by Gasteiger charge is 2.36. The molecule has 1 aliphatic heterocycles. The number of aryl methyl sites for hydroxylation is 2. The van der Waals surface area contributed by atoms with Gasteiger partial charge in [-0.2, -0.15) is 5.10 Å². The molecule has 7 heteroatoms. The van der Waals surface area contributed by atoms with Crippen molar-refractivity contribution >= 4 is 11.7 Å². The van der Waals surface area contributed by atoms with Gasteiger partial charge in [-0.05, 0) is 73.5 Å². The summed E-state index contributed by atoms with van der Waals surface area (Å²) in [7, 11) is 1.66. The van der Waals surface area contributed by atoms with E-state index in [0.29, 0.717) is 6.54 Å². The summed E-state index contributed by atoms with van der Waals surface area (Å²) in [6, 6.07) is 29.4. The molecule has 1 N–H and O–H groups in total. The Morgan fingerprint density at radius 3 is 2.55 bits per heavy atom. The number of methoxy groups -OCH3 is 1. The number of para-hydroxylation sites is 1. The quantitative estimate of drug-likeness (QED) is 0.308. The normalized spacial score (nSPS) is 14.4. The van der Waals surface area contributed by atoms with Gasteiger partial charge in [-0.1, -0.05) is 42.5 Å². The van der Waals surface area contributed by atoms with Crippen molar-refractivity contribution in [3.05, 3.63) is 125 Å². The van der Waals surface area contributed by atoms with E-state index >= 15 is 0 Å². The Hall–Kier alpha value is -4.78. The van der Waals surface area contributed by atoms with Gasteiger partial charge in [-0.3, -0.25) is 0 Å². The number of amides is 2. The molecule has 6 rings (SSSR count). The topological polar surface area (TPSA) is 64.3 Å². The number of nitrogens with zero attached hydrogens (tertiary/aromatic N) is 4. The molecule has 1 atom stereocenters. The third kappa shape index (κ3) is 4.12. The van der Waals surface area contributed by atoms with Crippen LogP contribution in [0.3, 0.4) is 0 Å². The van der Waals surface area contributed by atoms with Crippen LogP contribution in [0.4, 0.5) is 10.5 Å². The lowest BCUT2D eigenvalue weighted by Crippen LogP contribution is -2.38. The van der Waals surface area contributed by atoms with Crippen LogP contribution in [0.15, 0.2) is 97.2 Å². The van der Waals surface area contributed by atoms with Crippen molar-refractivity contribution in [2.45, 2.75) is 26.4 Å². The van der Waals surface area contributed by atoms with Gasteiger partial charge < -0.3 is 19.5 Å². The summed E-state index contributed by atoms with van der Waals surface area (Å²) in [4.78, 5) is 15.9. The summed E-state index contributed by atoms with van der Waals surface area (Å²) in [6.45, 7) is 4.40. The Morgan fingerprint density at radius 2 is 1.76 bits per heavy atom. The van der Waals surface area contributed by atoms with Gasteiger partial charge in [0.05, 0.1) is 36.8 Å². The fourth-order valence-electron chi connectivity index (χ4n) is 5.23. The number of nitrogens with one attached hydrogen (secondary N) is 1. The van der Waals surface area contributed by atoms with Crippen molar-refractivity contribution in [1.29, 1.82) is 0 Å². The first-order chi connectivity index (χ1) is 18.5. The van der Waals surface area contributed by atoms with Crippen LogP contribution in [0.5, 0.6) is 5.75 Å². The van der Waals surface area contributed by atoms with Gasteiger partial charge >= 0.3 is 6.03 Å². The number of fused-ring (bicyclic) bond motifs is 3. The summed E-state index contributed by atoms with van der Waals surface area (Å²) in [5, 5.41) is 8.05. The first-order valence-corrected chi connectivity index (χ1v) is 12.6. The van der Waals surface area contributed by atoms with E-state index in [9.17, 15) is 4.79 Å². The number of ether oxygens (including phenoxy) is 1. The zero-order chi connectivity index (χ0) is 26.2. The minimum Gasteiger partial charge on any atom is -0.497 e. The fraction of sp³-hybridized carbons (Fsp3) is 0.161. The minimum absolute atomic E-state index is 0.184. The number of anilines is 1. The van der Waals surface area contributed by atoms with Crippen molar-refractivity contribution in [2.24, 2.45) is 0 Å². The van der Waals surface area contributed by atoms with E-state index < -0.39 is 0 Å². The highest BCUT2D eigenvalue weighted by molar-refractivity contribution is 5.90. The molecule has 5 aromatic rings. The third-order valence-corrected chi connectivity index (χ3v) is 7.03. The summed E-state index contributed by atoms with van der Waals surface area (Å²) >= 11 is 0. The summed E-state index contributed by atoms with van der Waals surface area (Å²) in [5.41, 5.74) is 6.61. The zero-order valence-corrected chi connectivity index (χ0v) is 21.6. The molecule has 0 radical (unpaired) electrons. The average Bonchev–Trinajstić information content (AvgIpc) is 3.49. The predicted octanol–water partition coefficient (Wildman–Crippen LogP) is 6.43. The Bertz CT molecular complexity index is 1620. The molecule has 7 nitrogen and oxygen atoms in total. The van der Waals surface area contributed by atoms with Gasteiger partial charge in [0.15, 0.2) is 0 Å². The van der Waals surface area contributed by atoms with E-state index in [1.165, 1.54) is 0 Å². The van der Waals surface area contributed by atoms with Crippen molar-refractivity contribution in [3.63, 3.8) is 0 Å². The van der Waals surface area contributed by atoms with E-state index in [1.54, 1.807) is 7.11 Å². The maximum atomic E-state index is 14.0. The van der Waals surface area contributed by atoms with Crippen molar-refractivity contribution in [2.75, 3.05) is 12.4 Å². The summed E-state index contributed by atoms with van der Waals surface area (Å²) < 4.78 is 9.68. The van der Waals surface area contributed by atoms with Gasteiger partial charge in [-0.15, -0.1) is 0 Å². The molecule has 1 unspecified atom stereocenters. The molecule has 0 fully saturated rings. The highest BCUT2D eigenvalue weighted by atomic mass is 16.5. The van der Waals surface area contributed by atoms with Gasteiger partial charge in [0.1, 0.15) is 11.6 Å². The molecule has 0 spiro atoms. The largest absolute Gasteiger partial charge is 0.497 e. The molecule has 1 aliphatic rings. The molecule has 0 saturated carbocycles. The monoisotopic (exact) mass is 503 g/mol. The summed E-state index contributed by atoms with van der Waals surface area (Å²) in [6.07, 6.45) is 2.05. The fourth-order valence-corrected chi connectivity index (χ4v) is 5.23. The molecule has 38 heavy (non-hydrogen) atoms. The second-order valence-corrected chi connectivity index (χ2v) is 9.54. The van der Waals surface area contributed by atoms with Gasteiger partial charge in [0, 0.05) is 17.4 Å². The van der Waals surface area contributed by atoms with Crippen molar-refractivity contribution in [3.8, 4) is 17.3 Å². The van der Waals surface area contributed by atoms with Crippen LogP contribution in [0, 0.1) is 13.8 Å². The van der Waals surface area contributed by atoms with Crippen LogP contribution in [0.1, 0.15) is 34.1 Å². The number of aromatic nitrogens is 3. The second kappa shape index (κ2) is 9.59. The number of carbonyl (C=O) groups is 1. The maximum absolute atomic E-state index is 14.0. The van der Waals surface area contributed by atoms with Gasteiger partial charge in [0.25, 0.3) is 0 Å². The Kier molecular flexibility index (Phi) is 5.96.